The topological polar surface area (TPSA) is 69.2 Å². The first-order valence-electron chi connectivity index (χ1n) is 5.54. The molecular formula is C12H15FN2O2. The van der Waals surface area contributed by atoms with E-state index in [0.29, 0.717) is 6.54 Å². The van der Waals surface area contributed by atoms with Crippen molar-refractivity contribution in [2.45, 2.75) is 19.8 Å². The Bertz CT molecular complexity index is 474. The number of nitro benzene ring substituents is 1. The van der Waals surface area contributed by atoms with Gasteiger partial charge in [-0.05, 0) is 23.9 Å². The van der Waals surface area contributed by atoms with Gasteiger partial charge in [-0.1, -0.05) is 19.9 Å². The number of rotatable bonds is 3. The molecule has 5 heteroatoms. The van der Waals surface area contributed by atoms with Crippen LogP contribution < -0.4 is 5.73 Å². The number of benzene rings is 1. The summed E-state index contributed by atoms with van der Waals surface area (Å²) in [7, 11) is 0. The molecule has 2 rings (SSSR count). The number of nitrogens with zero attached hydrogens (tertiary/aromatic N) is 1. The molecule has 0 aromatic heterocycles. The van der Waals surface area contributed by atoms with Crippen molar-refractivity contribution < 1.29 is 9.31 Å². The van der Waals surface area contributed by atoms with Gasteiger partial charge in [-0.3, -0.25) is 10.1 Å². The van der Waals surface area contributed by atoms with Crippen molar-refractivity contribution in [3.63, 3.8) is 0 Å². The third kappa shape index (κ3) is 1.70. The van der Waals surface area contributed by atoms with E-state index in [1.54, 1.807) is 0 Å². The molecule has 0 aliphatic heterocycles. The Morgan fingerprint density at radius 2 is 2.18 bits per heavy atom. The zero-order valence-corrected chi connectivity index (χ0v) is 9.81. The first-order valence-corrected chi connectivity index (χ1v) is 5.54. The fourth-order valence-electron chi connectivity index (χ4n) is 2.75. The summed E-state index contributed by atoms with van der Waals surface area (Å²) in [6.07, 6.45) is 0. The zero-order valence-electron chi connectivity index (χ0n) is 9.81. The summed E-state index contributed by atoms with van der Waals surface area (Å²) in [5.41, 5.74) is 5.52. The number of hydrogen-bond donors (Lipinski definition) is 1. The van der Waals surface area contributed by atoms with Crippen LogP contribution in [0.4, 0.5) is 10.1 Å². The molecule has 92 valence electrons. The van der Waals surface area contributed by atoms with Crippen molar-refractivity contribution >= 4 is 5.69 Å². The molecule has 1 aliphatic carbocycles. The molecule has 1 saturated carbocycles. The number of hydrogen-bond acceptors (Lipinski definition) is 3. The Kier molecular flexibility index (Phi) is 2.66. The monoisotopic (exact) mass is 238 g/mol. The highest BCUT2D eigenvalue weighted by molar-refractivity contribution is 5.48. The van der Waals surface area contributed by atoms with Gasteiger partial charge in [0.2, 0.25) is 0 Å². The minimum Gasteiger partial charge on any atom is -0.330 e. The molecule has 0 unspecified atom stereocenters. The lowest BCUT2D eigenvalue weighted by molar-refractivity contribution is -0.385. The van der Waals surface area contributed by atoms with Crippen LogP contribution >= 0.6 is 0 Å². The van der Waals surface area contributed by atoms with Crippen LogP contribution in [0.1, 0.15) is 25.3 Å². The molecule has 0 heterocycles. The van der Waals surface area contributed by atoms with Gasteiger partial charge in [0.15, 0.2) is 0 Å². The van der Waals surface area contributed by atoms with Crippen LogP contribution in [-0.2, 0) is 0 Å². The van der Waals surface area contributed by atoms with Gasteiger partial charge >= 0.3 is 0 Å². The SMILES string of the molecule is CC1(C)[C@@H](CN)[C@@H]1c1c(F)cccc1[N+](=O)[O-]. The summed E-state index contributed by atoms with van der Waals surface area (Å²) in [4.78, 5) is 10.4. The lowest BCUT2D eigenvalue weighted by Crippen LogP contribution is -2.05. The molecule has 0 amide bonds. The van der Waals surface area contributed by atoms with Gasteiger partial charge in [-0.2, -0.15) is 0 Å². The smallest absolute Gasteiger partial charge is 0.275 e. The lowest BCUT2D eigenvalue weighted by atomic mass is 10.0. The van der Waals surface area contributed by atoms with E-state index >= 15 is 0 Å². The largest absolute Gasteiger partial charge is 0.330 e. The molecule has 0 saturated heterocycles. The third-order valence-electron chi connectivity index (χ3n) is 3.84. The Morgan fingerprint density at radius 3 is 2.65 bits per heavy atom. The van der Waals surface area contributed by atoms with Gasteiger partial charge in [0.05, 0.1) is 10.5 Å². The lowest BCUT2D eigenvalue weighted by Gasteiger charge is -2.05. The summed E-state index contributed by atoms with van der Waals surface area (Å²) < 4.78 is 13.8. The minimum atomic E-state index is -0.527. The molecule has 1 aromatic carbocycles. The van der Waals surface area contributed by atoms with Gasteiger partial charge in [0, 0.05) is 12.0 Å². The second-order valence-electron chi connectivity index (χ2n) is 5.07. The van der Waals surface area contributed by atoms with Crippen LogP contribution in [0.3, 0.4) is 0 Å². The maximum absolute atomic E-state index is 13.8. The molecule has 0 spiro atoms. The number of nitro groups is 1. The van der Waals surface area contributed by atoms with Crippen molar-refractivity contribution in [3.8, 4) is 0 Å². The quantitative estimate of drug-likeness (QED) is 0.649. The van der Waals surface area contributed by atoms with E-state index in [0.717, 1.165) is 0 Å². The van der Waals surface area contributed by atoms with Crippen molar-refractivity contribution in [1.82, 2.24) is 0 Å². The highest BCUT2D eigenvalue weighted by Crippen LogP contribution is 2.65. The minimum absolute atomic E-state index is 0.109. The van der Waals surface area contributed by atoms with Crippen LogP contribution in [-0.4, -0.2) is 11.5 Å². The van der Waals surface area contributed by atoms with E-state index in [-0.39, 0.29) is 28.5 Å². The second-order valence-corrected chi connectivity index (χ2v) is 5.07. The van der Waals surface area contributed by atoms with Crippen molar-refractivity contribution in [2.24, 2.45) is 17.1 Å². The van der Waals surface area contributed by atoms with Gasteiger partial charge in [0.1, 0.15) is 5.82 Å². The second kappa shape index (κ2) is 3.77. The predicted molar refractivity (Wildman–Crippen MR) is 62.1 cm³/mol. The van der Waals surface area contributed by atoms with Crippen LogP contribution in [0.5, 0.6) is 0 Å². The molecule has 17 heavy (non-hydrogen) atoms. The van der Waals surface area contributed by atoms with Crippen molar-refractivity contribution in [3.05, 3.63) is 39.7 Å². The third-order valence-corrected chi connectivity index (χ3v) is 3.84. The highest BCUT2D eigenvalue weighted by atomic mass is 19.1. The van der Waals surface area contributed by atoms with E-state index in [4.69, 9.17) is 5.73 Å². The van der Waals surface area contributed by atoms with Crippen LogP contribution in [0, 0.1) is 27.3 Å². The normalized spacial score (nSPS) is 25.6. The molecule has 2 N–H and O–H groups in total. The van der Waals surface area contributed by atoms with Crippen LogP contribution in [0.25, 0.3) is 0 Å². The maximum Gasteiger partial charge on any atom is 0.275 e. The molecule has 1 aromatic rings. The summed E-state index contributed by atoms with van der Waals surface area (Å²) in [5, 5.41) is 10.9. The van der Waals surface area contributed by atoms with Crippen molar-refractivity contribution in [1.29, 1.82) is 0 Å². The average Bonchev–Trinajstić information content (AvgIpc) is 2.79. The molecule has 0 radical (unpaired) electrons. The average molecular weight is 238 g/mol. The van der Waals surface area contributed by atoms with Gasteiger partial charge < -0.3 is 5.73 Å². The molecule has 1 fully saturated rings. The van der Waals surface area contributed by atoms with E-state index in [1.807, 2.05) is 13.8 Å². The van der Waals surface area contributed by atoms with E-state index in [2.05, 4.69) is 0 Å². The standard InChI is InChI=1S/C12H15FN2O2/c1-12(2)7(6-14)11(12)10-8(13)4-3-5-9(10)15(16)17/h3-5,7,11H,6,14H2,1-2H3/t7-,11+/m0/s1. The zero-order chi connectivity index (χ0) is 12.8. The van der Waals surface area contributed by atoms with Crippen molar-refractivity contribution in [2.75, 3.05) is 6.54 Å². The Balaban J connectivity index is 2.50. The first kappa shape index (κ1) is 12.0. The molecule has 0 bridgehead atoms. The van der Waals surface area contributed by atoms with Crippen LogP contribution in [0.2, 0.25) is 0 Å². The Morgan fingerprint density at radius 1 is 1.53 bits per heavy atom. The van der Waals surface area contributed by atoms with E-state index in [9.17, 15) is 14.5 Å². The summed E-state index contributed by atoms with van der Waals surface area (Å²) >= 11 is 0. The Hall–Kier alpha value is -1.49. The fraction of sp³-hybridized carbons (Fsp3) is 0.500. The summed E-state index contributed by atoms with van der Waals surface area (Å²) in [6, 6.07) is 3.98. The summed E-state index contributed by atoms with van der Waals surface area (Å²) in [5.74, 6) is -0.555. The van der Waals surface area contributed by atoms with E-state index < -0.39 is 10.7 Å². The molecule has 2 atom stereocenters. The molecule has 4 nitrogen and oxygen atoms in total. The predicted octanol–water partition coefficient (Wildman–Crippen LogP) is 2.43. The van der Waals surface area contributed by atoms with E-state index in [1.165, 1.54) is 18.2 Å². The summed E-state index contributed by atoms with van der Waals surface area (Å²) in [6.45, 7) is 4.35. The maximum atomic E-state index is 13.8. The number of halogens is 1. The fourth-order valence-corrected chi connectivity index (χ4v) is 2.75. The van der Waals surface area contributed by atoms with Gasteiger partial charge in [-0.25, -0.2) is 4.39 Å². The number of nitrogens with two attached hydrogens (primary N) is 1. The molecule has 1 aliphatic rings. The molecular weight excluding hydrogens is 223 g/mol. The van der Waals surface area contributed by atoms with Gasteiger partial charge in [0.25, 0.3) is 5.69 Å². The van der Waals surface area contributed by atoms with Crippen LogP contribution in [0.15, 0.2) is 18.2 Å². The van der Waals surface area contributed by atoms with Gasteiger partial charge in [-0.15, -0.1) is 0 Å². The Labute approximate surface area is 98.8 Å². The first-order chi connectivity index (χ1) is 7.91. The highest BCUT2D eigenvalue weighted by Gasteiger charge is 2.60.